The molecule has 0 aliphatic rings. The molecule has 6 unspecified atom stereocenters. The van der Waals surface area contributed by atoms with Gasteiger partial charge in [-0.25, -0.2) is 0 Å². The number of hydrogen-bond acceptors (Lipinski definition) is 26. The molecule has 0 aromatic heterocycles. The van der Waals surface area contributed by atoms with Gasteiger partial charge in [-0.15, -0.1) is 0 Å². The van der Waals surface area contributed by atoms with Gasteiger partial charge in [-0.3, -0.25) is 57.5 Å². The largest absolute Gasteiger partial charge is 0.356 e. The highest BCUT2D eigenvalue weighted by atomic mass is 16.2. The van der Waals surface area contributed by atoms with Crippen LogP contribution in [0, 0.1) is 0 Å². The summed E-state index contributed by atoms with van der Waals surface area (Å²) in [5.41, 5.74) is 45.0. The summed E-state index contributed by atoms with van der Waals surface area (Å²) < 4.78 is 0. The fourth-order valence-electron chi connectivity index (χ4n) is 11.5. The average molecular weight is 1630 g/mol. The van der Waals surface area contributed by atoms with Crippen LogP contribution in [0.3, 0.4) is 0 Å². The maximum atomic E-state index is 13.8. The van der Waals surface area contributed by atoms with E-state index in [9.17, 15) is 57.5 Å². The lowest BCUT2D eigenvalue weighted by molar-refractivity contribution is -0.128. The zero-order valence-corrected chi connectivity index (χ0v) is 69.0. The minimum Gasteiger partial charge on any atom is -0.356 e. The fourth-order valence-corrected chi connectivity index (χ4v) is 11.5. The van der Waals surface area contributed by atoms with E-state index in [4.69, 9.17) is 45.9 Å². The summed E-state index contributed by atoms with van der Waals surface area (Å²) in [6.07, 6.45) is 16.4. The van der Waals surface area contributed by atoms with Gasteiger partial charge in [0.05, 0.1) is 74.8 Å². The number of amides is 12. The maximum absolute atomic E-state index is 13.8. The molecule has 0 aromatic carbocycles. The Labute approximate surface area is 679 Å². The fraction of sp³-hybridized carbons (Fsp3) is 0.842. The van der Waals surface area contributed by atoms with Gasteiger partial charge < -0.3 is 142 Å². The third-order valence-corrected chi connectivity index (χ3v) is 18.4. The summed E-state index contributed by atoms with van der Waals surface area (Å²) in [6, 6.07) is -4.77. The van der Waals surface area contributed by atoms with Crippen LogP contribution in [0.15, 0.2) is 0 Å². The normalized spacial score (nSPS) is 12.7. The molecule has 0 aliphatic heterocycles. The lowest BCUT2D eigenvalue weighted by Crippen LogP contribution is -2.48. The second-order valence-corrected chi connectivity index (χ2v) is 28.6. The summed E-state index contributed by atoms with van der Waals surface area (Å²) in [6.45, 7) is 10.8. The Morgan fingerprint density at radius 3 is 0.386 bits per heavy atom. The van der Waals surface area contributed by atoms with Gasteiger partial charge in [0.15, 0.2) is 0 Å². The molecule has 12 amide bonds. The summed E-state index contributed by atoms with van der Waals surface area (Å²) >= 11 is 0. The molecule has 0 aromatic rings. The molecular formula is C76H156N26O12. The van der Waals surface area contributed by atoms with Crippen molar-refractivity contribution in [3.63, 3.8) is 0 Å². The topological polar surface area (TPSA) is 630 Å². The van der Waals surface area contributed by atoms with Crippen LogP contribution in [0.1, 0.15) is 205 Å². The van der Waals surface area contributed by atoms with Crippen LogP contribution < -0.4 is 142 Å². The van der Waals surface area contributed by atoms with Crippen molar-refractivity contribution in [2.24, 2.45) is 45.9 Å². The summed E-state index contributed by atoms with van der Waals surface area (Å²) in [5.74, 6) is -3.90. The molecule has 0 fully saturated rings. The predicted molar refractivity (Wildman–Crippen MR) is 447 cm³/mol. The monoisotopic (exact) mass is 1630 g/mol. The zero-order valence-electron chi connectivity index (χ0n) is 69.0. The van der Waals surface area contributed by atoms with E-state index in [1.165, 1.54) is 0 Å². The lowest BCUT2D eigenvalue weighted by Gasteiger charge is -2.19. The van der Waals surface area contributed by atoms with Crippen LogP contribution >= 0.6 is 0 Å². The van der Waals surface area contributed by atoms with Crippen LogP contribution in [-0.2, 0) is 57.5 Å². The Morgan fingerprint density at radius 2 is 0.254 bits per heavy atom. The standard InChI is InChI=1S/C76H156N26O12/c77-27-1-9-35-85-59(71(109)97-47-13-5-31-81)53-65(103)91-41-19-17-39-89-63(75(113)101-51-25-23-45-95-67(105)55-61(87-37-11-3-29-79)73(111)99-49-15-7-33-83)57-69(107)93-43-21-22-44-94-70(108)58-64(90-40-18-20-42-92-66(104)54-60(86-36-10-2-28-78)72(110)98-48-14-6-32-82)76(114)102-52-26-24-46-96-68(106)56-62(88-38-12-4-30-80)74(112)100-50-16-8-34-84/h59-64,85-90H,1-58,77-84H2,(H,91,103)(H,92,104)(H,93,107)(H,94,108)(H,95,105)(H,96,106)(H,97,109)(H,98,110)(H,99,111)(H,100,112)(H,101,113)(H,102,114). The highest BCUT2D eigenvalue weighted by Crippen LogP contribution is 2.05. The summed E-state index contributed by atoms with van der Waals surface area (Å²) in [4.78, 5) is 159. The summed E-state index contributed by atoms with van der Waals surface area (Å²) in [5, 5.41) is 53.7. The van der Waals surface area contributed by atoms with Crippen molar-refractivity contribution in [1.82, 2.24) is 95.7 Å². The zero-order chi connectivity index (χ0) is 84.1. The number of nitrogens with two attached hydrogens (primary N) is 8. The average Bonchev–Trinajstić information content (AvgIpc) is 0.647. The number of nitrogens with one attached hydrogen (secondary N) is 18. The van der Waals surface area contributed by atoms with E-state index >= 15 is 0 Å². The Balaban J connectivity index is 5.95. The third kappa shape index (κ3) is 63.3. The van der Waals surface area contributed by atoms with Crippen molar-refractivity contribution in [1.29, 1.82) is 0 Å². The number of hydrogen-bond donors (Lipinski definition) is 26. The Bertz CT molecular complexity index is 2370. The molecular weight excluding hydrogens is 1470 g/mol. The molecule has 0 radical (unpaired) electrons. The lowest BCUT2D eigenvalue weighted by atomic mass is 10.1. The molecule has 0 bridgehead atoms. The van der Waals surface area contributed by atoms with Crippen molar-refractivity contribution in [2.45, 2.75) is 242 Å². The number of unbranched alkanes of at least 4 members (excludes halogenated alkanes) is 13. The molecule has 0 spiro atoms. The van der Waals surface area contributed by atoms with Gasteiger partial charge in [0.1, 0.15) is 0 Å². The SMILES string of the molecule is NCCCCNC(=O)C(CC(=O)NCCCCNC(=O)C(CC(=O)NCCCCNC(=O)CC(NCCCCNC(=O)CC(NCCCCN)C(=O)NCCCCN)C(=O)NCCCCNC(=O)CC(NCCCCN)C(=O)NCCCCN)NCCCCNC(=O)CC(NCCCCN)C(=O)NCCCCN)NCCCCN. The van der Waals surface area contributed by atoms with E-state index in [1.807, 2.05) is 0 Å². The van der Waals surface area contributed by atoms with E-state index < -0.39 is 59.9 Å². The Hall–Kier alpha value is -6.92. The van der Waals surface area contributed by atoms with Crippen molar-refractivity contribution < 1.29 is 57.5 Å². The third-order valence-electron chi connectivity index (χ3n) is 18.4. The number of carbonyl (C=O) groups excluding carboxylic acids is 12. The van der Waals surface area contributed by atoms with Crippen LogP contribution in [0.2, 0.25) is 0 Å². The second kappa shape index (κ2) is 77.3. The number of rotatable bonds is 81. The van der Waals surface area contributed by atoms with Crippen molar-refractivity contribution in [3.8, 4) is 0 Å². The molecule has 38 heteroatoms. The van der Waals surface area contributed by atoms with Crippen LogP contribution in [0.25, 0.3) is 0 Å². The molecule has 0 heterocycles. The van der Waals surface area contributed by atoms with E-state index in [-0.39, 0.29) is 112 Å². The van der Waals surface area contributed by atoms with Gasteiger partial charge in [0.25, 0.3) is 0 Å². The van der Waals surface area contributed by atoms with Crippen LogP contribution in [0.4, 0.5) is 0 Å². The van der Waals surface area contributed by atoms with Gasteiger partial charge in [0.2, 0.25) is 70.9 Å². The molecule has 0 saturated carbocycles. The van der Waals surface area contributed by atoms with Gasteiger partial charge in [-0.2, -0.15) is 0 Å². The van der Waals surface area contributed by atoms with Crippen molar-refractivity contribution in [3.05, 3.63) is 0 Å². The molecule has 662 valence electrons. The van der Waals surface area contributed by atoms with Gasteiger partial charge in [-0.1, -0.05) is 0 Å². The first-order valence-electron chi connectivity index (χ1n) is 42.6. The van der Waals surface area contributed by atoms with Gasteiger partial charge >= 0.3 is 0 Å². The first-order chi connectivity index (χ1) is 55.3. The molecule has 34 N–H and O–H groups in total. The van der Waals surface area contributed by atoms with Gasteiger partial charge in [0, 0.05) is 78.5 Å². The first kappa shape index (κ1) is 107. The Morgan fingerprint density at radius 1 is 0.149 bits per heavy atom. The smallest absolute Gasteiger partial charge is 0.237 e. The minimum atomic E-state index is -0.932. The first-order valence-corrected chi connectivity index (χ1v) is 42.6. The van der Waals surface area contributed by atoms with Gasteiger partial charge in [-0.05, 0) is 259 Å². The quantitative estimate of drug-likeness (QED) is 0.0252. The van der Waals surface area contributed by atoms with Crippen molar-refractivity contribution >= 4 is 70.9 Å². The Kier molecular flexibility index (Phi) is 72.6. The molecule has 0 saturated heterocycles. The predicted octanol–water partition coefficient (Wildman–Crippen LogP) is -5.72. The minimum absolute atomic E-state index is 0.0622. The van der Waals surface area contributed by atoms with E-state index in [2.05, 4.69) is 95.7 Å². The van der Waals surface area contributed by atoms with Crippen LogP contribution in [-0.4, -0.2) is 277 Å². The summed E-state index contributed by atoms with van der Waals surface area (Å²) in [7, 11) is 0. The number of carbonyl (C=O) groups is 12. The molecule has 0 aliphatic carbocycles. The second-order valence-electron chi connectivity index (χ2n) is 28.6. The highest BCUT2D eigenvalue weighted by molar-refractivity contribution is 5.91. The van der Waals surface area contributed by atoms with E-state index in [0.29, 0.717) is 208 Å². The van der Waals surface area contributed by atoms with E-state index in [1.54, 1.807) is 0 Å². The molecule has 38 nitrogen and oxygen atoms in total. The molecule has 6 atom stereocenters. The molecule has 0 rings (SSSR count). The van der Waals surface area contributed by atoms with Crippen molar-refractivity contribution in [2.75, 3.05) is 170 Å². The van der Waals surface area contributed by atoms with E-state index in [0.717, 1.165) is 103 Å². The van der Waals surface area contributed by atoms with Crippen LogP contribution in [0.5, 0.6) is 0 Å². The highest BCUT2D eigenvalue weighted by Gasteiger charge is 2.27. The maximum Gasteiger partial charge on any atom is 0.237 e. The molecule has 114 heavy (non-hydrogen) atoms.